The third-order valence-corrected chi connectivity index (χ3v) is 3.13. The van der Waals surface area contributed by atoms with Gasteiger partial charge in [0.05, 0.1) is 17.7 Å². The van der Waals surface area contributed by atoms with Gasteiger partial charge in [-0.3, -0.25) is 14.9 Å². The lowest BCUT2D eigenvalue weighted by atomic mass is 10.2. The van der Waals surface area contributed by atoms with E-state index in [1.807, 2.05) is 0 Å². The second kappa shape index (κ2) is 7.26. The lowest BCUT2D eigenvalue weighted by Crippen LogP contribution is -2.20. The van der Waals surface area contributed by atoms with E-state index in [2.05, 4.69) is 5.32 Å². The summed E-state index contributed by atoms with van der Waals surface area (Å²) in [6, 6.07) is 11.2. The highest BCUT2D eigenvalue weighted by Crippen LogP contribution is 2.26. The van der Waals surface area contributed by atoms with E-state index < -0.39 is 10.8 Å². The topological polar surface area (TPSA) is 90.7 Å². The van der Waals surface area contributed by atoms with Gasteiger partial charge in [0.2, 0.25) is 0 Å². The summed E-state index contributed by atoms with van der Waals surface area (Å²) in [5.41, 5.74) is 1.02. The number of nitrogens with one attached hydrogen (secondary N) is 1. The number of nitrogens with zero attached hydrogens (tertiary/aromatic N) is 1. The molecule has 0 saturated carbocycles. The van der Waals surface area contributed by atoms with Gasteiger partial charge in [-0.25, -0.2) is 0 Å². The molecule has 0 fully saturated rings. The molecule has 2 aromatic rings. The van der Waals surface area contributed by atoms with Crippen molar-refractivity contribution in [1.82, 2.24) is 0 Å². The van der Waals surface area contributed by atoms with E-state index in [9.17, 15) is 14.9 Å². The summed E-state index contributed by atoms with van der Waals surface area (Å²) in [6.07, 6.45) is 0. The van der Waals surface area contributed by atoms with Gasteiger partial charge >= 0.3 is 0 Å². The molecule has 0 bridgehead atoms. The lowest BCUT2D eigenvalue weighted by Gasteiger charge is -2.11. The first-order valence-corrected chi connectivity index (χ1v) is 6.82. The van der Waals surface area contributed by atoms with Crippen molar-refractivity contribution in [3.63, 3.8) is 0 Å². The van der Waals surface area contributed by atoms with E-state index in [0.29, 0.717) is 17.2 Å². The van der Waals surface area contributed by atoms with Crippen molar-refractivity contribution in [3.8, 4) is 11.5 Å². The number of methoxy groups -OCH3 is 1. The number of ether oxygens (including phenoxy) is 2. The number of nitro benzene ring substituents is 1. The number of benzene rings is 2. The van der Waals surface area contributed by atoms with Crippen LogP contribution in [0.1, 0.15) is 5.56 Å². The zero-order valence-corrected chi connectivity index (χ0v) is 12.7. The largest absolute Gasteiger partial charge is 0.493 e. The lowest BCUT2D eigenvalue weighted by molar-refractivity contribution is -0.384. The fourth-order valence-electron chi connectivity index (χ4n) is 1.93. The fraction of sp³-hybridized carbons (Fsp3) is 0.188. The highest BCUT2D eigenvalue weighted by atomic mass is 16.6. The highest BCUT2D eigenvalue weighted by Gasteiger charge is 2.12. The Hall–Kier alpha value is -3.09. The Kier molecular flexibility index (Phi) is 5.14. The van der Waals surface area contributed by atoms with Gasteiger partial charge in [0.25, 0.3) is 11.6 Å². The molecule has 120 valence electrons. The van der Waals surface area contributed by atoms with Crippen molar-refractivity contribution in [1.29, 1.82) is 0 Å². The summed E-state index contributed by atoms with van der Waals surface area (Å²) >= 11 is 0. The molecule has 0 aliphatic heterocycles. The van der Waals surface area contributed by atoms with Crippen LogP contribution < -0.4 is 14.8 Å². The van der Waals surface area contributed by atoms with E-state index in [1.165, 1.54) is 19.2 Å². The first kappa shape index (κ1) is 16.3. The van der Waals surface area contributed by atoms with Gasteiger partial charge < -0.3 is 14.8 Å². The molecule has 2 rings (SSSR count). The standard InChI is InChI=1S/C16H16N2O5/c1-11-7-8-12(18(20)21)9-13(11)17-16(19)10-23-15-6-4-3-5-14(15)22-2/h3-9H,10H2,1-2H3,(H,17,19). The molecular weight excluding hydrogens is 300 g/mol. The molecule has 0 aliphatic rings. The minimum atomic E-state index is -0.513. The van der Waals surface area contributed by atoms with Crippen molar-refractivity contribution < 1.29 is 19.2 Å². The average Bonchev–Trinajstić information content (AvgIpc) is 2.55. The summed E-state index contributed by atoms with van der Waals surface area (Å²) in [6.45, 7) is 1.52. The van der Waals surface area contributed by atoms with Gasteiger partial charge in [-0.05, 0) is 24.6 Å². The van der Waals surface area contributed by atoms with E-state index >= 15 is 0 Å². The molecule has 0 atom stereocenters. The molecule has 1 amide bonds. The van der Waals surface area contributed by atoms with E-state index in [4.69, 9.17) is 9.47 Å². The number of para-hydroxylation sites is 2. The zero-order chi connectivity index (χ0) is 16.8. The molecule has 7 nitrogen and oxygen atoms in total. The summed E-state index contributed by atoms with van der Waals surface area (Å²) in [4.78, 5) is 22.2. The Morgan fingerprint density at radius 1 is 1.22 bits per heavy atom. The van der Waals surface area contributed by atoms with Crippen LogP contribution in [0.5, 0.6) is 11.5 Å². The number of non-ortho nitro benzene ring substituents is 1. The van der Waals surface area contributed by atoms with Gasteiger partial charge in [0, 0.05) is 12.1 Å². The van der Waals surface area contributed by atoms with Crippen LogP contribution >= 0.6 is 0 Å². The van der Waals surface area contributed by atoms with Gasteiger partial charge in [0.1, 0.15) is 0 Å². The van der Waals surface area contributed by atoms with Crippen molar-refractivity contribution in [3.05, 3.63) is 58.1 Å². The molecular formula is C16H16N2O5. The van der Waals surface area contributed by atoms with Gasteiger partial charge in [-0.15, -0.1) is 0 Å². The van der Waals surface area contributed by atoms with Crippen LogP contribution in [-0.4, -0.2) is 24.5 Å². The summed E-state index contributed by atoms with van der Waals surface area (Å²) in [5.74, 6) is 0.548. The van der Waals surface area contributed by atoms with Crippen LogP contribution in [0.15, 0.2) is 42.5 Å². The number of rotatable bonds is 6. The molecule has 0 aromatic heterocycles. The Morgan fingerprint density at radius 2 is 1.91 bits per heavy atom. The van der Waals surface area contributed by atoms with Crippen LogP contribution in [0.25, 0.3) is 0 Å². The van der Waals surface area contributed by atoms with Crippen LogP contribution in [0.3, 0.4) is 0 Å². The van der Waals surface area contributed by atoms with Gasteiger partial charge in [0.15, 0.2) is 18.1 Å². The molecule has 0 heterocycles. The van der Waals surface area contributed by atoms with Crippen LogP contribution in [-0.2, 0) is 4.79 Å². The predicted molar refractivity (Wildman–Crippen MR) is 85.0 cm³/mol. The van der Waals surface area contributed by atoms with Crippen molar-refractivity contribution in [2.75, 3.05) is 19.0 Å². The number of carbonyl (C=O) groups excluding carboxylic acids is 1. The molecule has 0 saturated heterocycles. The maximum Gasteiger partial charge on any atom is 0.271 e. The summed E-state index contributed by atoms with van der Waals surface area (Å²) in [5, 5.41) is 13.4. The molecule has 0 unspecified atom stereocenters. The second-order valence-electron chi connectivity index (χ2n) is 4.74. The Labute approximate surface area is 133 Å². The number of hydrogen-bond donors (Lipinski definition) is 1. The number of aryl methyl sites for hydroxylation is 1. The number of hydrogen-bond acceptors (Lipinski definition) is 5. The molecule has 7 heteroatoms. The normalized spacial score (nSPS) is 10.0. The number of nitro groups is 1. The maximum absolute atomic E-state index is 12.0. The Bertz CT molecular complexity index is 730. The van der Waals surface area contributed by atoms with E-state index in [-0.39, 0.29) is 12.3 Å². The van der Waals surface area contributed by atoms with Crippen molar-refractivity contribution >= 4 is 17.3 Å². The van der Waals surface area contributed by atoms with E-state index in [0.717, 1.165) is 5.56 Å². The fourth-order valence-corrected chi connectivity index (χ4v) is 1.93. The number of amides is 1. The highest BCUT2D eigenvalue weighted by molar-refractivity contribution is 5.93. The minimum Gasteiger partial charge on any atom is -0.493 e. The van der Waals surface area contributed by atoms with Crippen LogP contribution in [0, 0.1) is 17.0 Å². The van der Waals surface area contributed by atoms with Gasteiger partial charge in [-0.2, -0.15) is 0 Å². The van der Waals surface area contributed by atoms with E-state index in [1.54, 1.807) is 37.3 Å². The molecule has 1 N–H and O–H groups in total. The Morgan fingerprint density at radius 3 is 2.57 bits per heavy atom. The van der Waals surface area contributed by atoms with Crippen molar-refractivity contribution in [2.45, 2.75) is 6.92 Å². The molecule has 23 heavy (non-hydrogen) atoms. The zero-order valence-electron chi connectivity index (χ0n) is 12.7. The van der Waals surface area contributed by atoms with Crippen LogP contribution in [0.2, 0.25) is 0 Å². The first-order chi connectivity index (χ1) is 11.0. The average molecular weight is 316 g/mol. The maximum atomic E-state index is 12.0. The molecule has 0 aliphatic carbocycles. The van der Waals surface area contributed by atoms with Crippen molar-refractivity contribution in [2.24, 2.45) is 0 Å². The van der Waals surface area contributed by atoms with Gasteiger partial charge in [-0.1, -0.05) is 18.2 Å². The number of carbonyl (C=O) groups is 1. The quantitative estimate of drug-likeness (QED) is 0.653. The monoisotopic (exact) mass is 316 g/mol. The molecule has 0 spiro atoms. The summed E-state index contributed by atoms with van der Waals surface area (Å²) < 4.78 is 10.5. The third kappa shape index (κ3) is 4.19. The minimum absolute atomic E-state index is 0.0865. The molecule has 2 aromatic carbocycles. The third-order valence-electron chi connectivity index (χ3n) is 3.13. The SMILES string of the molecule is COc1ccccc1OCC(=O)Nc1cc([N+](=O)[O-])ccc1C. The first-order valence-electron chi connectivity index (χ1n) is 6.82. The number of anilines is 1. The van der Waals surface area contributed by atoms with Crippen LogP contribution in [0.4, 0.5) is 11.4 Å². The molecule has 0 radical (unpaired) electrons. The Balaban J connectivity index is 2.02. The smallest absolute Gasteiger partial charge is 0.271 e. The second-order valence-corrected chi connectivity index (χ2v) is 4.74. The predicted octanol–water partition coefficient (Wildman–Crippen LogP) is 2.93. The summed E-state index contributed by atoms with van der Waals surface area (Å²) in [7, 11) is 1.51.